The van der Waals surface area contributed by atoms with E-state index in [-0.39, 0.29) is 46.2 Å². The second-order valence-corrected chi connectivity index (χ2v) is 14.7. The third kappa shape index (κ3) is 7.79. The normalized spacial score (nSPS) is 24.2. The molecule has 5 rings (SSSR count). The van der Waals surface area contributed by atoms with Crippen molar-refractivity contribution in [3.8, 4) is 10.4 Å². The van der Waals surface area contributed by atoms with Gasteiger partial charge in [0.15, 0.2) is 9.84 Å². The number of thiazole rings is 1. The molecule has 0 saturated heterocycles. The monoisotopic (exact) mass is 666 g/mol. The second kappa shape index (κ2) is 12.6. The fourth-order valence-electron chi connectivity index (χ4n) is 5.77. The van der Waals surface area contributed by atoms with Crippen LogP contribution in [0, 0.1) is 11.8 Å². The SMILES string of the molecule is CS(=O)(=O)c1cc(Nc2nccc(C(F)(F)F)n2)cc(-c2cnc(C3(O)CCC(C(=O)N[C@H]4CC[C@@H](C(N)=O)CC4)CC3)s2)c1. The van der Waals surface area contributed by atoms with Crippen LogP contribution in [0.25, 0.3) is 10.4 Å². The molecule has 0 atom stereocenters. The maximum Gasteiger partial charge on any atom is 0.433 e. The Balaban J connectivity index is 1.28. The van der Waals surface area contributed by atoms with Crippen LogP contribution < -0.4 is 16.4 Å². The Kier molecular flexibility index (Phi) is 9.20. The lowest BCUT2D eigenvalue weighted by Gasteiger charge is -2.35. The van der Waals surface area contributed by atoms with Crippen LogP contribution in [0.15, 0.2) is 41.6 Å². The summed E-state index contributed by atoms with van der Waals surface area (Å²) in [5.74, 6) is -1.15. The summed E-state index contributed by atoms with van der Waals surface area (Å²) in [6.07, 6.45) is 2.98. The van der Waals surface area contributed by atoms with Gasteiger partial charge in [0, 0.05) is 42.2 Å². The van der Waals surface area contributed by atoms with Gasteiger partial charge in [-0.3, -0.25) is 9.59 Å². The summed E-state index contributed by atoms with van der Waals surface area (Å²) in [7, 11) is -3.72. The Hall–Kier alpha value is -3.63. The molecule has 0 radical (unpaired) electrons. The number of rotatable bonds is 8. The molecule has 3 aromatic rings. The standard InChI is InChI=1S/C29H33F3N6O5S2/c1-45(42,43)21-13-18(12-20(14-21)37-27-34-11-8-23(38-27)29(30,31)32)22-15-35-26(44-22)28(41)9-6-17(7-10-28)25(40)36-19-4-2-16(3-5-19)24(33)39/h8,11-17,19,41H,2-7,9-10H2,1H3,(H2,33,39)(H,36,40)(H,34,37,38)/t16-,17?,19+,28?. The van der Waals surface area contributed by atoms with Crippen LogP contribution in [-0.2, 0) is 31.2 Å². The van der Waals surface area contributed by atoms with E-state index in [2.05, 4.69) is 25.6 Å². The van der Waals surface area contributed by atoms with Gasteiger partial charge in [0.05, 0.1) is 9.77 Å². The van der Waals surface area contributed by atoms with E-state index in [1.54, 1.807) is 0 Å². The van der Waals surface area contributed by atoms with Gasteiger partial charge in [0.1, 0.15) is 16.3 Å². The molecule has 2 fully saturated rings. The third-order valence-corrected chi connectivity index (χ3v) is 10.7. The van der Waals surface area contributed by atoms with Crippen molar-refractivity contribution in [3.05, 3.63) is 47.4 Å². The molecule has 11 nitrogen and oxygen atoms in total. The van der Waals surface area contributed by atoms with Gasteiger partial charge in [-0.25, -0.2) is 23.4 Å². The van der Waals surface area contributed by atoms with Crippen molar-refractivity contribution in [1.29, 1.82) is 0 Å². The summed E-state index contributed by atoms with van der Waals surface area (Å²) in [5, 5.41) is 17.6. The highest BCUT2D eigenvalue weighted by atomic mass is 32.2. The number of nitrogens with zero attached hydrogens (tertiary/aromatic N) is 3. The molecule has 2 amide bonds. The van der Waals surface area contributed by atoms with Gasteiger partial charge in [0.25, 0.3) is 0 Å². The Labute approximate surface area is 261 Å². The third-order valence-electron chi connectivity index (χ3n) is 8.38. The van der Waals surface area contributed by atoms with Gasteiger partial charge in [-0.1, -0.05) is 0 Å². The topological polar surface area (TPSA) is 177 Å². The molecule has 242 valence electrons. The number of primary amides is 1. The van der Waals surface area contributed by atoms with Crippen LogP contribution in [0.1, 0.15) is 62.1 Å². The lowest BCUT2D eigenvalue weighted by Crippen LogP contribution is -2.44. The average Bonchev–Trinajstić information content (AvgIpc) is 3.49. The number of alkyl halides is 3. The molecule has 0 aliphatic heterocycles. The number of hydrogen-bond acceptors (Lipinski definition) is 10. The van der Waals surface area contributed by atoms with E-state index >= 15 is 0 Å². The summed E-state index contributed by atoms with van der Waals surface area (Å²) in [6.45, 7) is 0. The van der Waals surface area contributed by atoms with Gasteiger partial charge in [0.2, 0.25) is 17.8 Å². The first-order valence-electron chi connectivity index (χ1n) is 14.4. The Morgan fingerprint density at radius 2 is 1.73 bits per heavy atom. The van der Waals surface area contributed by atoms with Crippen LogP contribution in [-0.4, -0.2) is 52.6 Å². The fraction of sp³-hybridized carbons (Fsp3) is 0.483. The number of hydrogen-bond donors (Lipinski definition) is 4. The molecule has 5 N–H and O–H groups in total. The molecule has 16 heteroatoms. The van der Waals surface area contributed by atoms with Crippen molar-refractivity contribution in [2.75, 3.05) is 11.6 Å². The van der Waals surface area contributed by atoms with Crippen molar-refractivity contribution in [1.82, 2.24) is 20.3 Å². The van der Waals surface area contributed by atoms with E-state index in [1.165, 1.54) is 35.7 Å². The van der Waals surface area contributed by atoms with Crippen LogP contribution in [0.3, 0.4) is 0 Å². The zero-order valence-electron chi connectivity index (χ0n) is 24.3. The number of nitrogens with two attached hydrogens (primary N) is 1. The van der Waals surface area contributed by atoms with Crippen LogP contribution >= 0.6 is 11.3 Å². The van der Waals surface area contributed by atoms with Crippen LogP contribution in [0.2, 0.25) is 0 Å². The molecule has 0 unspecified atom stereocenters. The predicted molar refractivity (Wildman–Crippen MR) is 160 cm³/mol. The van der Waals surface area contributed by atoms with E-state index in [4.69, 9.17) is 5.73 Å². The van der Waals surface area contributed by atoms with Crippen molar-refractivity contribution >= 4 is 44.6 Å². The Morgan fingerprint density at radius 1 is 1.04 bits per heavy atom. The molecule has 2 aromatic heterocycles. The van der Waals surface area contributed by atoms with Gasteiger partial charge in [-0.05, 0) is 81.2 Å². The van der Waals surface area contributed by atoms with Crippen molar-refractivity contribution in [3.63, 3.8) is 0 Å². The first-order valence-corrected chi connectivity index (χ1v) is 17.1. The highest BCUT2D eigenvalue weighted by Gasteiger charge is 2.40. The van der Waals surface area contributed by atoms with Crippen molar-refractivity contribution < 1.29 is 36.3 Å². The zero-order valence-corrected chi connectivity index (χ0v) is 25.9. The van der Waals surface area contributed by atoms with Gasteiger partial charge < -0.3 is 21.5 Å². The number of amides is 2. The maximum atomic E-state index is 13.1. The fourth-order valence-corrected chi connectivity index (χ4v) is 7.50. The number of carbonyl (C=O) groups is 2. The average molecular weight is 667 g/mol. The van der Waals surface area contributed by atoms with Gasteiger partial charge in [-0.2, -0.15) is 13.2 Å². The molecular weight excluding hydrogens is 633 g/mol. The number of sulfone groups is 1. The number of aliphatic hydroxyl groups is 1. The summed E-state index contributed by atoms with van der Waals surface area (Å²) >= 11 is 1.17. The van der Waals surface area contributed by atoms with Crippen molar-refractivity contribution in [2.24, 2.45) is 17.6 Å². The molecule has 2 aliphatic carbocycles. The molecule has 45 heavy (non-hydrogen) atoms. The molecule has 2 saturated carbocycles. The number of benzene rings is 1. The van der Waals surface area contributed by atoms with E-state index < -0.39 is 27.3 Å². The molecular formula is C29H33F3N6O5S2. The molecule has 2 aliphatic rings. The van der Waals surface area contributed by atoms with Crippen molar-refractivity contribution in [2.45, 2.75) is 74.1 Å². The minimum absolute atomic E-state index is 0.00217. The second-order valence-electron chi connectivity index (χ2n) is 11.7. The minimum Gasteiger partial charge on any atom is -0.383 e. The molecule has 2 heterocycles. The van der Waals surface area contributed by atoms with Crippen LogP contribution in [0.5, 0.6) is 0 Å². The number of halogens is 3. The summed E-state index contributed by atoms with van der Waals surface area (Å²) in [5.41, 5.74) is 3.53. The quantitative estimate of drug-likeness (QED) is 0.273. The molecule has 0 bridgehead atoms. The zero-order chi connectivity index (χ0) is 32.6. The van der Waals surface area contributed by atoms with Gasteiger partial charge in [-0.15, -0.1) is 11.3 Å². The maximum absolute atomic E-state index is 13.1. The number of anilines is 2. The predicted octanol–water partition coefficient (Wildman–Crippen LogP) is 4.30. The first-order chi connectivity index (χ1) is 21.1. The Morgan fingerprint density at radius 3 is 2.36 bits per heavy atom. The summed E-state index contributed by atoms with van der Waals surface area (Å²) in [6, 6.07) is 4.96. The Bertz CT molecular complexity index is 1680. The van der Waals surface area contributed by atoms with E-state index in [9.17, 15) is 36.3 Å². The van der Waals surface area contributed by atoms with Gasteiger partial charge >= 0.3 is 6.18 Å². The minimum atomic E-state index is -4.69. The smallest absolute Gasteiger partial charge is 0.383 e. The largest absolute Gasteiger partial charge is 0.433 e. The molecule has 0 spiro atoms. The summed E-state index contributed by atoms with van der Waals surface area (Å²) < 4.78 is 64.3. The number of nitrogens with one attached hydrogen (secondary N) is 2. The van der Waals surface area contributed by atoms with E-state index in [0.717, 1.165) is 18.5 Å². The number of carbonyl (C=O) groups excluding carboxylic acids is 2. The lowest BCUT2D eigenvalue weighted by atomic mass is 9.78. The van der Waals surface area contributed by atoms with Crippen LogP contribution in [0.4, 0.5) is 24.8 Å². The first kappa shape index (κ1) is 32.8. The number of aromatic nitrogens is 3. The van der Waals surface area contributed by atoms with E-state index in [1.807, 2.05) is 0 Å². The highest BCUT2D eigenvalue weighted by Crippen LogP contribution is 2.43. The summed E-state index contributed by atoms with van der Waals surface area (Å²) in [4.78, 5) is 36.5. The lowest BCUT2D eigenvalue weighted by molar-refractivity contribution is -0.141. The molecule has 1 aromatic carbocycles. The van der Waals surface area contributed by atoms with E-state index in [0.29, 0.717) is 66.8 Å². The highest BCUT2D eigenvalue weighted by molar-refractivity contribution is 7.90.